The Morgan fingerprint density at radius 1 is 1.07 bits per heavy atom. The number of nitrogens with zero attached hydrogens (tertiary/aromatic N) is 4. The lowest BCUT2D eigenvalue weighted by Gasteiger charge is -2.23. The second kappa shape index (κ2) is 7.43. The van der Waals surface area contributed by atoms with Gasteiger partial charge in [0.1, 0.15) is 17.7 Å². The standard InChI is InChI=1S/C22H22N6O/c23-22-18-2-1-3-19(17(18)6-8-25-22)26-13-15-4-5-21(27-14-15)29-16-7-10-28-11-9-24-20(28)12-16/h1-6,8-9,11,14,16,26H,7,10,12-13H2,(H2,23,25). The lowest BCUT2D eigenvalue weighted by Crippen LogP contribution is -2.28. The molecule has 0 aliphatic carbocycles. The molecule has 0 saturated heterocycles. The molecule has 0 spiro atoms. The van der Waals surface area contributed by atoms with E-state index in [-0.39, 0.29) is 6.10 Å². The third kappa shape index (κ3) is 3.59. The fourth-order valence-corrected chi connectivity index (χ4v) is 3.76. The van der Waals surface area contributed by atoms with Gasteiger partial charge in [0.2, 0.25) is 5.88 Å². The van der Waals surface area contributed by atoms with E-state index < -0.39 is 0 Å². The minimum absolute atomic E-state index is 0.121. The molecule has 146 valence electrons. The van der Waals surface area contributed by atoms with E-state index in [0.29, 0.717) is 18.2 Å². The molecule has 3 N–H and O–H groups in total. The Hall–Kier alpha value is -3.61. The van der Waals surface area contributed by atoms with Gasteiger partial charge in [0.25, 0.3) is 0 Å². The summed E-state index contributed by atoms with van der Waals surface area (Å²) in [6, 6.07) is 11.9. The van der Waals surface area contributed by atoms with Gasteiger partial charge in [0, 0.05) is 73.2 Å². The molecule has 0 saturated carbocycles. The Balaban J connectivity index is 1.23. The number of aryl methyl sites for hydroxylation is 1. The van der Waals surface area contributed by atoms with Crippen LogP contribution in [0.5, 0.6) is 5.88 Å². The SMILES string of the molecule is Nc1nccc2c(NCc3ccc(OC4CCn5ccnc5C4)nc3)cccc12. The first kappa shape index (κ1) is 17.5. The molecular weight excluding hydrogens is 364 g/mol. The average molecular weight is 386 g/mol. The first-order valence-corrected chi connectivity index (χ1v) is 9.75. The molecule has 4 heterocycles. The van der Waals surface area contributed by atoms with Gasteiger partial charge in [-0.3, -0.25) is 0 Å². The highest BCUT2D eigenvalue weighted by Gasteiger charge is 2.20. The normalized spacial score (nSPS) is 15.8. The van der Waals surface area contributed by atoms with E-state index in [0.717, 1.165) is 47.2 Å². The molecule has 1 aromatic carbocycles. The van der Waals surface area contributed by atoms with Gasteiger partial charge in [0.15, 0.2) is 0 Å². The van der Waals surface area contributed by atoms with E-state index in [1.165, 1.54) is 0 Å². The van der Waals surface area contributed by atoms with Gasteiger partial charge in [-0.05, 0) is 17.7 Å². The number of nitrogen functional groups attached to an aromatic ring is 1. The highest BCUT2D eigenvalue weighted by molar-refractivity contribution is 5.99. The van der Waals surface area contributed by atoms with Gasteiger partial charge >= 0.3 is 0 Å². The zero-order chi connectivity index (χ0) is 19.6. The minimum atomic E-state index is 0.121. The van der Waals surface area contributed by atoms with Gasteiger partial charge in [-0.1, -0.05) is 18.2 Å². The molecule has 7 nitrogen and oxygen atoms in total. The topological polar surface area (TPSA) is 90.9 Å². The zero-order valence-electron chi connectivity index (χ0n) is 16.0. The van der Waals surface area contributed by atoms with Crippen molar-refractivity contribution in [2.24, 2.45) is 0 Å². The minimum Gasteiger partial charge on any atom is -0.474 e. The molecule has 0 radical (unpaired) electrons. The van der Waals surface area contributed by atoms with Crippen LogP contribution >= 0.6 is 0 Å². The Kier molecular flexibility index (Phi) is 4.48. The van der Waals surface area contributed by atoms with Crippen molar-refractivity contribution in [2.75, 3.05) is 11.1 Å². The predicted molar refractivity (Wildman–Crippen MR) is 113 cm³/mol. The highest BCUT2D eigenvalue weighted by Crippen LogP contribution is 2.26. The van der Waals surface area contributed by atoms with Gasteiger partial charge in [-0.15, -0.1) is 0 Å². The van der Waals surface area contributed by atoms with Crippen molar-refractivity contribution >= 4 is 22.3 Å². The summed E-state index contributed by atoms with van der Waals surface area (Å²) in [5.74, 6) is 2.27. The lowest BCUT2D eigenvalue weighted by atomic mass is 10.1. The van der Waals surface area contributed by atoms with Crippen molar-refractivity contribution in [1.82, 2.24) is 19.5 Å². The fraction of sp³-hybridized carbons (Fsp3) is 0.227. The lowest BCUT2D eigenvalue weighted by molar-refractivity contribution is 0.160. The average Bonchev–Trinajstić information content (AvgIpc) is 3.22. The third-order valence-corrected chi connectivity index (χ3v) is 5.31. The first-order valence-electron chi connectivity index (χ1n) is 9.75. The molecule has 4 aromatic rings. The second-order valence-electron chi connectivity index (χ2n) is 7.22. The Bertz CT molecular complexity index is 1140. The number of nitrogens with one attached hydrogen (secondary N) is 1. The van der Waals surface area contributed by atoms with E-state index >= 15 is 0 Å². The maximum absolute atomic E-state index is 6.06. The van der Waals surface area contributed by atoms with Crippen LogP contribution in [0.15, 0.2) is 61.2 Å². The van der Waals surface area contributed by atoms with E-state index in [4.69, 9.17) is 10.5 Å². The van der Waals surface area contributed by atoms with Gasteiger partial charge in [0.05, 0.1) is 0 Å². The largest absolute Gasteiger partial charge is 0.474 e. The summed E-state index contributed by atoms with van der Waals surface area (Å²) in [4.78, 5) is 13.0. The second-order valence-corrected chi connectivity index (χ2v) is 7.22. The third-order valence-electron chi connectivity index (χ3n) is 5.31. The van der Waals surface area contributed by atoms with E-state index in [1.54, 1.807) is 6.20 Å². The summed E-state index contributed by atoms with van der Waals surface area (Å²) < 4.78 is 8.24. The van der Waals surface area contributed by atoms with Crippen LogP contribution < -0.4 is 15.8 Å². The van der Waals surface area contributed by atoms with Crippen LogP contribution in [-0.2, 0) is 19.5 Å². The molecule has 1 aliphatic rings. The summed E-state index contributed by atoms with van der Waals surface area (Å²) in [6.07, 6.45) is 9.35. The predicted octanol–water partition coefficient (Wildman–Crippen LogP) is 3.41. The summed E-state index contributed by atoms with van der Waals surface area (Å²) in [7, 11) is 0. The van der Waals surface area contributed by atoms with E-state index in [1.807, 2.05) is 55.0 Å². The Morgan fingerprint density at radius 2 is 2.03 bits per heavy atom. The molecule has 29 heavy (non-hydrogen) atoms. The number of hydrogen-bond acceptors (Lipinski definition) is 6. The van der Waals surface area contributed by atoms with E-state index in [9.17, 15) is 0 Å². The van der Waals surface area contributed by atoms with Crippen molar-refractivity contribution in [3.05, 3.63) is 72.6 Å². The van der Waals surface area contributed by atoms with Gasteiger partial charge in [-0.25, -0.2) is 15.0 Å². The number of nitrogens with two attached hydrogens (primary N) is 1. The van der Waals surface area contributed by atoms with Crippen molar-refractivity contribution in [1.29, 1.82) is 0 Å². The molecule has 0 fully saturated rings. The van der Waals surface area contributed by atoms with Crippen molar-refractivity contribution in [3.63, 3.8) is 0 Å². The molecule has 1 unspecified atom stereocenters. The summed E-state index contributed by atoms with van der Waals surface area (Å²) in [6.45, 7) is 1.60. The summed E-state index contributed by atoms with van der Waals surface area (Å²) in [5, 5.41) is 5.48. The molecule has 3 aromatic heterocycles. The Morgan fingerprint density at radius 3 is 2.93 bits per heavy atom. The molecule has 0 bridgehead atoms. The van der Waals surface area contributed by atoms with Crippen LogP contribution in [0.1, 0.15) is 17.8 Å². The number of fused-ring (bicyclic) bond motifs is 2. The maximum atomic E-state index is 6.06. The highest BCUT2D eigenvalue weighted by atomic mass is 16.5. The summed E-state index contributed by atoms with van der Waals surface area (Å²) >= 11 is 0. The van der Waals surface area contributed by atoms with Crippen LogP contribution in [0.25, 0.3) is 10.8 Å². The number of hydrogen-bond donors (Lipinski definition) is 2. The van der Waals surface area contributed by atoms with Crippen molar-refractivity contribution < 1.29 is 4.74 Å². The van der Waals surface area contributed by atoms with Crippen LogP contribution in [0, 0.1) is 0 Å². The Labute approximate surface area is 168 Å². The number of aromatic nitrogens is 4. The van der Waals surface area contributed by atoms with Crippen LogP contribution in [-0.4, -0.2) is 25.6 Å². The molecular formula is C22H22N6O. The molecule has 7 heteroatoms. The van der Waals surface area contributed by atoms with Crippen LogP contribution in [0.2, 0.25) is 0 Å². The number of pyridine rings is 2. The van der Waals surface area contributed by atoms with Crippen molar-refractivity contribution in [3.8, 4) is 5.88 Å². The fourth-order valence-electron chi connectivity index (χ4n) is 3.76. The molecule has 5 rings (SSSR count). The summed E-state index contributed by atoms with van der Waals surface area (Å²) in [5.41, 5.74) is 8.08. The monoisotopic (exact) mass is 386 g/mol. The quantitative estimate of drug-likeness (QED) is 0.546. The smallest absolute Gasteiger partial charge is 0.213 e. The number of rotatable bonds is 5. The molecule has 0 amide bonds. The van der Waals surface area contributed by atoms with E-state index in [2.05, 4.69) is 24.8 Å². The first-order chi connectivity index (χ1) is 14.3. The van der Waals surface area contributed by atoms with Crippen LogP contribution in [0.3, 0.4) is 0 Å². The van der Waals surface area contributed by atoms with Crippen molar-refractivity contribution in [2.45, 2.75) is 32.0 Å². The number of anilines is 2. The number of ether oxygens (including phenoxy) is 1. The van der Waals surface area contributed by atoms with Crippen LogP contribution in [0.4, 0.5) is 11.5 Å². The van der Waals surface area contributed by atoms with Gasteiger partial charge in [-0.2, -0.15) is 0 Å². The van der Waals surface area contributed by atoms with Gasteiger partial charge < -0.3 is 20.4 Å². The molecule has 1 atom stereocenters. The molecule has 1 aliphatic heterocycles. The number of benzene rings is 1. The maximum Gasteiger partial charge on any atom is 0.213 e. The number of imidazole rings is 1. The zero-order valence-corrected chi connectivity index (χ0v) is 16.0.